The highest BCUT2D eigenvalue weighted by Crippen LogP contribution is 2.36. The molecule has 0 saturated heterocycles. The third kappa shape index (κ3) is 10.5. The van der Waals surface area contributed by atoms with Crippen LogP contribution >= 0.6 is 0 Å². The third-order valence-electron chi connectivity index (χ3n) is 6.79. The fraction of sp³-hybridized carbons (Fsp3) is 0.429. The van der Waals surface area contributed by atoms with E-state index in [9.17, 15) is 14.7 Å². The first-order chi connectivity index (χ1) is 20.3. The Hall–Kier alpha value is -3.72. The van der Waals surface area contributed by atoms with Crippen molar-refractivity contribution in [1.29, 1.82) is 0 Å². The first-order valence-corrected chi connectivity index (χ1v) is 14.8. The minimum absolute atomic E-state index is 0.188. The van der Waals surface area contributed by atoms with E-state index in [-0.39, 0.29) is 13.2 Å². The van der Waals surface area contributed by atoms with Crippen LogP contribution in [-0.2, 0) is 19.8 Å². The normalized spacial score (nSPS) is 13.6. The molecule has 8 heteroatoms. The second-order valence-corrected chi connectivity index (χ2v) is 12.6. The minimum atomic E-state index is -0.973. The Balaban J connectivity index is 1.80. The summed E-state index contributed by atoms with van der Waals surface area (Å²) >= 11 is 0. The predicted molar refractivity (Wildman–Crippen MR) is 170 cm³/mol. The first kappa shape index (κ1) is 33.8. The summed E-state index contributed by atoms with van der Waals surface area (Å²) in [5.74, 6) is -0.973. The summed E-state index contributed by atoms with van der Waals surface area (Å²) < 4.78 is 11.3. The molecule has 0 bridgehead atoms. The van der Waals surface area contributed by atoms with E-state index >= 15 is 0 Å². The van der Waals surface area contributed by atoms with Crippen LogP contribution in [-0.4, -0.2) is 60.2 Å². The van der Waals surface area contributed by atoms with Crippen molar-refractivity contribution in [2.45, 2.75) is 76.8 Å². The number of benzene rings is 3. The number of hydrogen-bond acceptors (Lipinski definition) is 6. The molecule has 0 aliphatic carbocycles. The molecule has 4 N–H and O–H groups in total. The van der Waals surface area contributed by atoms with Crippen LogP contribution in [0.1, 0.15) is 64.7 Å². The molecule has 0 fully saturated rings. The van der Waals surface area contributed by atoms with Gasteiger partial charge in [-0.25, -0.2) is 4.79 Å². The second-order valence-electron chi connectivity index (χ2n) is 12.6. The van der Waals surface area contributed by atoms with Crippen LogP contribution in [0.2, 0.25) is 0 Å². The zero-order valence-corrected chi connectivity index (χ0v) is 26.2. The van der Waals surface area contributed by atoms with Crippen molar-refractivity contribution >= 4 is 12.1 Å². The largest absolute Gasteiger partial charge is 0.480 e. The van der Waals surface area contributed by atoms with Gasteiger partial charge in [0.05, 0.1) is 23.8 Å². The number of ether oxygens (including phenoxy) is 2. The summed E-state index contributed by atoms with van der Waals surface area (Å²) in [7, 11) is 0. The highest BCUT2D eigenvalue weighted by atomic mass is 16.6. The molecule has 43 heavy (non-hydrogen) atoms. The molecule has 1 amide bonds. The smallest absolute Gasteiger partial charge is 0.407 e. The first-order valence-electron chi connectivity index (χ1n) is 14.8. The summed E-state index contributed by atoms with van der Waals surface area (Å²) in [4.78, 5) is 24.9. The van der Waals surface area contributed by atoms with E-state index in [0.29, 0.717) is 13.0 Å². The number of alkyl carbamates (subject to hydrolysis) is 1. The fourth-order valence-electron chi connectivity index (χ4n) is 4.85. The molecule has 3 aromatic rings. The van der Waals surface area contributed by atoms with Crippen molar-refractivity contribution < 1.29 is 24.2 Å². The second kappa shape index (κ2) is 15.1. The number of amides is 1. The fourth-order valence-corrected chi connectivity index (χ4v) is 4.85. The van der Waals surface area contributed by atoms with Crippen molar-refractivity contribution in [3.8, 4) is 0 Å². The number of aliphatic carboxylic acids is 1. The lowest BCUT2D eigenvalue weighted by Crippen LogP contribution is -2.52. The van der Waals surface area contributed by atoms with E-state index in [0.717, 1.165) is 16.7 Å². The van der Waals surface area contributed by atoms with Crippen molar-refractivity contribution in [2.75, 3.05) is 19.7 Å². The van der Waals surface area contributed by atoms with Crippen LogP contribution in [0.25, 0.3) is 0 Å². The number of carbonyl (C=O) groups is 2. The Bertz CT molecular complexity index is 1170. The van der Waals surface area contributed by atoms with Crippen LogP contribution in [0.5, 0.6) is 0 Å². The van der Waals surface area contributed by atoms with E-state index in [1.807, 2.05) is 75.4 Å². The average molecular weight is 590 g/mol. The number of carboxylic acids is 1. The van der Waals surface area contributed by atoms with E-state index in [1.54, 1.807) is 20.8 Å². The summed E-state index contributed by atoms with van der Waals surface area (Å²) in [6, 6.07) is 29.2. The zero-order chi connectivity index (χ0) is 31.5. The minimum Gasteiger partial charge on any atom is -0.480 e. The molecule has 3 rings (SSSR count). The Morgan fingerprint density at radius 2 is 1.21 bits per heavy atom. The number of carboxylic acid groups (broad SMARTS) is 1. The summed E-state index contributed by atoms with van der Waals surface area (Å²) in [5.41, 5.74) is 1.35. The Morgan fingerprint density at radius 1 is 0.744 bits per heavy atom. The summed E-state index contributed by atoms with van der Waals surface area (Å²) in [5, 5.41) is 19.8. The van der Waals surface area contributed by atoms with Gasteiger partial charge in [0.15, 0.2) is 0 Å². The number of carbonyl (C=O) groups excluding carboxylic acids is 1. The van der Waals surface area contributed by atoms with Gasteiger partial charge in [0.25, 0.3) is 0 Å². The Kier molecular flexibility index (Phi) is 11.9. The van der Waals surface area contributed by atoms with Gasteiger partial charge in [0.2, 0.25) is 0 Å². The lowest BCUT2D eigenvalue weighted by atomic mass is 9.77. The molecule has 0 aromatic heterocycles. The summed E-state index contributed by atoms with van der Waals surface area (Å²) in [6.07, 6.45) is -0.285. The molecule has 0 aliphatic rings. The standard InChI is InChI=1S/C35H47N3O5/c1-33(2,3)42-25-29(38-32(41)43-34(4,5)6)24-36-30(31(39)40)22-23-37-35(26-16-10-7-11-17-26,27-18-12-8-13-19-27)28-20-14-9-15-21-28/h7-21,29-30,36-37H,22-25H2,1-6H3,(H,38,41)(H,39,40)/t29-,30+/m1/s1. The molecule has 0 saturated carbocycles. The lowest BCUT2D eigenvalue weighted by Gasteiger charge is -2.37. The molecule has 3 aromatic carbocycles. The summed E-state index contributed by atoms with van der Waals surface area (Å²) in [6.45, 7) is 11.9. The molecular formula is C35H47N3O5. The van der Waals surface area contributed by atoms with Crippen LogP contribution in [0.15, 0.2) is 91.0 Å². The highest BCUT2D eigenvalue weighted by Gasteiger charge is 2.36. The van der Waals surface area contributed by atoms with Crippen molar-refractivity contribution in [3.05, 3.63) is 108 Å². The molecular weight excluding hydrogens is 542 g/mol. The quantitative estimate of drug-likeness (QED) is 0.178. The van der Waals surface area contributed by atoms with Gasteiger partial charge in [0, 0.05) is 6.54 Å². The van der Waals surface area contributed by atoms with E-state index in [2.05, 4.69) is 52.3 Å². The molecule has 0 heterocycles. The molecule has 0 spiro atoms. The topological polar surface area (TPSA) is 109 Å². The number of nitrogens with one attached hydrogen (secondary N) is 3. The molecule has 8 nitrogen and oxygen atoms in total. The van der Waals surface area contributed by atoms with E-state index < -0.39 is 40.9 Å². The van der Waals surface area contributed by atoms with Crippen molar-refractivity contribution in [3.63, 3.8) is 0 Å². The molecule has 0 radical (unpaired) electrons. The van der Waals surface area contributed by atoms with Gasteiger partial charge in [-0.3, -0.25) is 10.1 Å². The maximum atomic E-state index is 12.5. The van der Waals surface area contributed by atoms with Crippen LogP contribution in [0, 0.1) is 0 Å². The Morgan fingerprint density at radius 3 is 1.60 bits per heavy atom. The average Bonchev–Trinajstić information content (AvgIpc) is 2.95. The van der Waals surface area contributed by atoms with Gasteiger partial charge >= 0.3 is 12.1 Å². The number of hydrogen-bond donors (Lipinski definition) is 4. The molecule has 2 atom stereocenters. The molecule has 0 unspecified atom stereocenters. The monoisotopic (exact) mass is 589 g/mol. The van der Waals surface area contributed by atoms with Crippen LogP contribution in [0.4, 0.5) is 4.79 Å². The van der Waals surface area contributed by atoms with Gasteiger partial charge in [-0.1, -0.05) is 91.0 Å². The SMILES string of the molecule is CC(C)(C)OC[C@@H](CN[C@@H](CCNC(c1ccccc1)(c1ccccc1)c1ccccc1)C(=O)O)NC(=O)OC(C)(C)C. The highest BCUT2D eigenvalue weighted by molar-refractivity contribution is 5.73. The third-order valence-corrected chi connectivity index (χ3v) is 6.79. The lowest BCUT2D eigenvalue weighted by molar-refractivity contribution is -0.139. The van der Waals surface area contributed by atoms with Crippen LogP contribution < -0.4 is 16.0 Å². The van der Waals surface area contributed by atoms with Gasteiger partial charge < -0.3 is 25.2 Å². The maximum Gasteiger partial charge on any atom is 0.407 e. The van der Waals surface area contributed by atoms with Crippen molar-refractivity contribution in [1.82, 2.24) is 16.0 Å². The Labute approximate surface area is 256 Å². The molecule has 232 valence electrons. The van der Waals surface area contributed by atoms with Crippen LogP contribution in [0.3, 0.4) is 0 Å². The van der Waals surface area contributed by atoms with Crippen molar-refractivity contribution in [2.24, 2.45) is 0 Å². The van der Waals surface area contributed by atoms with E-state index in [4.69, 9.17) is 9.47 Å². The van der Waals surface area contributed by atoms with Gasteiger partial charge in [0.1, 0.15) is 11.6 Å². The van der Waals surface area contributed by atoms with Gasteiger partial charge in [-0.2, -0.15) is 0 Å². The zero-order valence-electron chi connectivity index (χ0n) is 26.2. The predicted octanol–water partition coefficient (Wildman–Crippen LogP) is 5.71. The maximum absolute atomic E-state index is 12.5. The number of rotatable bonds is 14. The molecule has 0 aliphatic heterocycles. The van der Waals surface area contributed by atoms with E-state index in [1.165, 1.54) is 0 Å². The van der Waals surface area contributed by atoms with Gasteiger partial charge in [-0.05, 0) is 71.2 Å². The van der Waals surface area contributed by atoms with Gasteiger partial charge in [-0.15, -0.1) is 0 Å².